The van der Waals surface area contributed by atoms with Crippen LogP contribution in [-0.4, -0.2) is 10.9 Å². The van der Waals surface area contributed by atoms with E-state index in [1.54, 1.807) is 36.5 Å². The van der Waals surface area contributed by atoms with E-state index in [-0.39, 0.29) is 31.0 Å². The summed E-state index contributed by atoms with van der Waals surface area (Å²) < 4.78 is 27.3. The minimum absolute atomic E-state index is 0.0432. The Morgan fingerprint density at radius 3 is 2.76 bits per heavy atom. The third-order valence-electron chi connectivity index (χ3n) is 7.32. The van der Waals surface area contributed by atoms with Crippen LogP contribution < -0.4 is 14.8 Å². The molecule has 0 bridgehead atoms. The molecule has 0 aliphatic heterocycles. The maximum absolute atomic E-state index is 14.6. The number of fused-ring (bicyclic) bond motifs is 1. The lowest BCUT2D eigenvalue weighted by Crippen LogP contribution is -2.22. The number of benzene rings is 3. The second-order valence-electron chi connectivity index (χ2n) is 10.3. The molecule has 1 atom stereocenters. The van der Waals surface area contributed by atoms with Gasteiger partial charge in [0.05, 0.1) is 10.6 Å². The van der Waals surface area contributed by atoms with Crippen molar-refractivity contribution in [2.45, 2.75) is 58.3 Å². The van der Waals surface area contributed by atoms with Crippen LogP contribution in [0.2, 0.25) is 5.02 Å². The molecule has 0 saturated heterocycles. The van der Waals surface area contributed by atoms with Gasteiger partial charge in [0.25, 0.3) is 0 Å². The van der Waals surface area contributed by atoms with Gasteiger partial charge in [-0.15, -0.1) is 0 Å². The van der Waals surface area contributed by atoms with Gasteiger partial charge in [0, 0.05) is 48.1 Å². The predicted octanol–water partition coefficient (Wildman–Crippen LogP) is 7.86. The number of rotatable bonds is 11. The van der Waals surface area contributed by atoms with Gasteiger partial charge in [-0.05, 0) is 54.2 Å². The van der Waals surface area contributed by atoms with Crippen LogP contribution in [0.25, 0.3) is 11.1 Å². The second kappa shape index (κ2) is 13.5. The fraction of sp³-hybridized carbons (Fsp3) is 0.265. The van der Waals surface area contributed by atoms with Gasteiger partial charge in [0.15, 0.2) is 0 Å². The number of carbonyl (C=O) groups excluding carboxylic acids is 1. The number of nitrogens with one attached hydrogen (secondary N) is 1. The van der Waals surface area contributed by atoms with Crippen molar-refractivity contribution in [3.63, 3.8) is 0 Å². The molecule has 42 heavy (non-hydrogen) atoms. The Hall–Kier alpha value is -4.41. The lowest BCUT2D eigenvalue weighted by molar-refractivity contribution is -0.121. The summed E-state index contributed by atoms with van der Waals surface area (Å²) in [6.07, 6.45) is 6.52. The van der Waals surface area contributed by atoms with E-state index in [1.165, 1.54) is 12.3 Å². The van der Waals surface area contributed by atoms with E-state index in [1.807, 2.05) is 31.2 Å². The number of pyridine rings is 1. The molecule has 6 nitrogen and oxygen atoms in total. The topological polar surface area (TPSA) is 84.2 Å². The third kappa shape index (κ3) is 6.72. The quantitative estimate of drug-likeness (QED) is 0.194. The molecular weight excluding hydrogens is 553 g/mol. The molecule has 1 amide bonds. The molecule has 0 fully saturated rings. The van der Waals surface area contributed by atoms with E-state index in [4.69, 9.17) is 21.1 Å². The molecule has 3 aromatic carbocycles. The number of nitriles is 1. The summed E-state index contributed by atoms with van der Waals surface area (Å²) in [5.41, 5.74) is 5.38. The molecule has 8 heteroatoms. The first-order chi connectivity index (χ1) is 20.5. The summed E-state index contributed by atoms with van der Waals surface area (Å²) in [7, 11) is 0. The standard InChI is InChI=1S/C34H31ClFN3O3/c1-2-3-11-34(40)39-20-24-15-29(35)33(16-32(24)41-21-23-14-22(17-37)18-38-19-23)42-31-13-12-26-25(8-6-9-28(26)31)27-7-4-5-10-30(27)36/h4-10,14-16,18-19,31H,2-3,11-13,20-21H2,1H3,(H,39,40)/t31-/m0/s1. The monoisotopic (exact) mass is 583 g/mol. The highest BCUT2D eigenvalue weighted by Crippen LogP contribution is 2.43. The van der Waals surface area contributed by atoms with E-state index in [0.29, 0.717) is 39.6 Å². The summed E-state index contributed by atoms with van der Waals surface area (Å²) in [4.78, 5) is 16.4. The van der Waals surface area contributed by atoms with Crippen LogP contribution >= 0.6 is 11.6 Å². The molecule has 4 aromatic rings. The molecule has 1 aliphatic rings. The van der Waals surface area contributed by atoms with E-state index in [9.17, 15) is 14.4 Å². The highest BCUT2D eigenvalue weighted by atomic mass is 35.5. The van der Waals surface area contributed by atoms with Gasteiger partial charge >= 0.3 is 0 Å². The molecule has 5 rings (SSSR count). The van der Waals surface area contributed by atoms with Crippen molar-refractivity contribution >= 4 is 17.5 Å². The number of ether oxygens (including phenoxy) is 2. The summed E-state index contributed by atoms with van der Waals surface area (Å²) in [6, 6.07) is 20.0. The molecule has 0 spiro atoms. The maximum Gasteiger partial charge on any atom is 0.220 e. The van der Waals surface area contributed by atoms with Crippen molar-refractivity contribution in [3.8, 4) is 28.7 Å². The number of amides is 1. The normalized spacial score (nSPS) is 13.7. The number of nitrogens with zero attached hydrogens (tertiary/aromatic N) is 2. The first-order valence-electron chi connectivity index (χ1n) is 14.1. The first-order valence-corrected chi connectivity index (χ1v) is 14.4. The van der Waals surface area contributed by atoms with Gasteiger partial charge in [-0.25, -0.2) is 4.39 Å². The highest BCUT2D eigenvalue weighted by Gasteiger charge is 2.28. The van der Waals surface area contributed by atoms with Gasteiger partial charge in [0.2, 0.25) is 5.91 Å². The first kappa shape index (κ1) is 29.1. The lowest BCUT2D eigenvalue weighted by Gasteiger charge is -2.20. The van der Waals surface area contributed by atoms with Gasteiger partial charge < -0.3 is 14.8 Å². The van der Waals surface area contributed by atoms with Crippen LogP contribution in [-0.2, 0) is 24.4 Å². The van der Waals surface area contributed by atoms with Crippen molar-refractivity contribution < 1.29 is 18.7 Å². The number of halogens is 2. The summed E-state index contributed by atoms with van der Waals surface area (Å²) in [5, 5.41) is 12.6. The number of hydrogen-bond acceptors (Lipinski definition) is 5. The molecular formula is C34H31ClFN3O3. The van der Waals surface area contributed by atoms with Crippen LogP contribution in [0.3, 0.4) is 0 Å². The van der Waals surface area contributed by atoms with Gasteiger partial charge in [-0.2, -0.15) is 5.26 Å². The molecule has 1 aromatic heterocycles. The largest absolute Gasteiger partial charge is 0.488 e. The van der Waals surface area contributed by atoms with Crippen molar-refractivity contribution in [3.05, 3.63) is 112 Å². The average Bonchev–Trinajstić information content (AvgIpc) is 3.42. The average molecular weight is 584 g/mol. The number of unbranched alkanes of at least 4 members (excludes halogenated alkanes) is 1. The minimum Gasteiger partial charge on any atom is -0.488 e. The fourth-order valence-electron chi connectivity index (χ4n) is 5.17. The number of carbonyl (C=O) groups is 1. The van der Waals surface area contributed by atoms with Gasteiger partial charge in [0.1, 0.15) is 36.1 Å². The molecule has 1 heterocycles. The van der Waals surface area contributed by atoms with E-state index >= 15 is 0 Å². The van der Waals surface area contributed by atoms with Crippen molar-refractivity contribution in [1.82, 2.24) is 10.3 Å². The maximum atomic E-state index is 14.6. The Labute approximate surface area is 250 Å². The smallest absolute Gasteiger partial charge is 0.220 e. The molecule has 1 N–H and O–H groups in total. The van der Waals surface area contributed by atoms with E-state index < -0.39 is 0 Å². The lowest BCUT2D eigenvalue weighted by atomic mass is 9.96. The molecule has 0 saturated carbocycles. The van der Waals surface area contributed by atoms with Crippen LogP contribution in [0.4, 0.5) is 4.39 Å². The van der Waals surface area contributed by atoms with Gasteiger partial charge in [-0.1, -0.05) is 61.3 Å². The van der Waals surface area contributed by atoms with E-state index in [2.05, 4.69) is 16.4 Å². The van der Waals surface area contributed by atoms with Crippen LogP contribution in [0.5, 0.6) is 11.5 Å². The minimum atomic E-state index is -0.270. The Balaban J connectivity index is 1.41. The SMILES string of the molecule is CCCCC(=O)NCc1cc(Cl)c(O[C@H]2CCc3c(-c4ccccc4F)cccc32)cc1OCc1cncc(C#N)c1. The number of aromatic nitrogens is 1. The highest BCUT2D eigenvalue weighted by molar-refractivity contribution is 6.32. The summed E-state index contributed by atoms with van der Waals surface area (Å²) >= 11 is 6.72. The molecule has 214 valence electrons. The Morgan fingerprint density at radius 1 is 1.12 bits per heavy atom. The van der Waals surface area contributed by atoms with Crippen molar-refractivity contribution in [1.29, 1.82) is 5.26 Å². The van der Waals surface area contributed by atoms with Crippen LogP contribution in [0.15, 0.2) is 73.1 Å². The molecule has 0 radical (unpaired) electrons. The Bertz CT molecular complexity index is 1640. The van der Waals surface area contributed by atoms with Gasteiger partial charge in [-0.3, -0.25) is 9.78 Å². The molecule has 1 aliphatic carbocycles. The summed E-state index contributed by atoms with van der Waals surface area (Å²) in [5.74, 6) is 0.656. The number of hydrogen-bond donors (Lipinski definition) is 1. The predicted molar refractivity (Wildman–Crippen MR) is 160 cm³/mol. The Kier molecular flexibility index (Phi) is 9.35. The van der Waals surface area contributed by atoms with Crippen LogP contribution in [0, 0.1) is 17.1 Å². The van der Waals surface area contributed by atoms with E-state index in [0.717, 1.165) is 47.9 Å². The zero-order valence-electron chi connectivity index (χ0n) is 23.3. The fourth-order valence-corrected chi connectivity index (χ4v) is 5.40. The second-order valence-corrected chi connectivity index (χ2v) is 10.7. The van der Waals surface area contributed by atoms with Crippen molar-refractivity contribution in [2.75, 3.05) is 0 Å². The van der Waals surface area contributed by atoms with Crippen LogP contribution in [0.1, 0.15) is 66.5 Å². The Morgan fingerprint density at radius 2 is 1.95 bits per heavy atom. The van der Waals surface area contributed by atoms with Crippen molar-refractivity contribution in [2.24, 2.45) is 0 Å². The zero-order valence-corrected chi connectivity index (χ0v) is 24.1. The summed E-state index contributed by atoms with van der Waals surface area (Å²) in [6.45, 7) is 2.45. The zero-order chi connectivity index (χ0) is 29.5. The third-order valence-corrected chi connectivity index (χ3v) is 7.61. The molecule has 0 unspecified atom stereocenters.